The van der Waals surface area contributed by atoms with Crippen LogP contribution in [-0.2, 0) is 11.2 Å². The average molecular weight is 217 g/mol. The number of rotatable bonds is 3. The predicted molar refractivity (Wildman–Crippen MR) is 64.4 cm³/mol. The van der Waals surface area contributed by atoms with E-state index in [4.69, 9.17) is 0 Å². The monoisotopic (exact) mass is 217 g/mol. The first-order valence-corrected chi connectivity index (χ1v) is 5.46. The Labute approximate surface area is 94.1 Å². The van der Waals surface area contributed by atoms with Gasteiger partial charge in [0.2, 0.25) is 5.91 Å². The molecule has 2 rings (SSSR count). The second-order valence-electron chi connectivity index (χ2n) is 3.82. The summed E-state index contributed by atoms with van der Waals surface area (Å²) in [6, 6.07) is 5.73. The van der Waals surface area contributed by atoms with E-state index >= 15 is 0 Å². The number of para-hydroxylation sites is 1. The Morgan fingerprint density at radius 1 is 1.50 bits per heavy atom. The summed E-state index contributed by atoms with van der Waals surface area (Å²) >= 11 is 0. The van der Waals surface area contributed by atoms with Gasteiger partial charge in [-0.05, 0) is 18.6 Å². The first-order valence-electron chi connectivity index (χ1n) is 5.46. The van der Waals surface area contributed by atoms with E-state index in [1.807, 2.05) is 18.2 Å². The van der Waals surface area contributed by atoms with E-state index in [2.05, 4.69) is 22.2 Å². The number of hydrogen-bond donors (Lipinski definition) is 2. The maximum absolute atomic E-state index is 11.0. The summed E-state index contributed by atoms with van der Waals surface area (Å²) in [5.41, 5.74) is 2.57. The molecule has 16 heavy (non-hydrogen) atoms. The number of benzene rings is 1. The van der Waals surface area contributed by atoms with Crippen molar-refractivity contribution in [3.8, 4) is 0 Å². The number of carbonyl (C=O) groups excluding carboxylic acids is 1. The number of fused-ring (bicyclic) bond motifs is 1. The molecule has 0 unspecified atom stereocenters. The summed E-state index contributed by atoms with van der Waals surface area (Å²) in [6.07, 6.45) is 1.98. The van der Waals surface area contributed by atoms with Crippen LogP contribution in [0.1, 0.15) is 26.1 Å². The number of nitrogens with zero attached hydrogens (tertiary/aromatic N) is 1. The Morgan fingerprint density at radius 2 is 2.31 bits per heavy atom. The standard InChI is InChI=1S/C12H15N3O/c1-3-5-11-14-10-7-4-6-9(12(10)15-11)13-8(2)16/h4,6-7H,3,5H2,1-2H3,(H,13,16)(H,14,15). The third kappa shape index (κ3) is 2.05. The molecule has 0 radical (unpaired) electrons. The van der Waals surface area contributed by atoms with Gasteiger partial charge in [-0.3, -0.25) is 4.79 Å². The van der Waals surface area contributed by atoms with E-state index in [0.29, 0.717) is 0 Å². The van der Waals surface area contributed by atoms with E-state index in [0.717, 1.165) is 35.4 Å². The topological polar surface area (TPSA) is 57.8 Å². The van der Waals surface area contributed by atoms with E-state index in [1.165, 1.54) is 6.92 Å². The fourth-order valence-corrected chi connectivity index (χ4v) is 1.73. The van der Waals surface area contributed by atoms with Crippen LogP contribution in [0.3, 0.4) is 0 Å². The summed E-state index contributed by atoms with van der Waals surface area (Å²) in [7, 11) is 0. The minimum absolute atomic E-state index is 0.0764. The molecule has 0 saturated heterocycles. The van der Waals surface area contributed by atoms with Gasteiger partial charge in [0.1, 0.15) is 11.3 Å². The molecular formula is C12H15N3O. The first-order chi connectivity index (χ1) is 7.70. The van der Waals surface area contributed by atoms with Crippen molar-refractivity contribution in [2.75, 3.05) is 5.32 Å². The van der Waals surface area contributed by atoms with Gasteiger partial charge in [-0.15, -0.1) is 0 Å². The first kappa shape index (κ1) is 10.7. The smallest absolute Gasteiger partial charge is 0.221 e. The molecule has 0 atom stereocenters. The molecular weight excluding hydrogens is 202 g/mol. The highest BCUT2D eigenvalue weighted by Crippen LogP contribution is 2.21. The molecule has 4 nitrogen and oxygen atoms in total. The summed E-state index contributed by atoms with van der Waals surface area (Å²) in [5.74, 6) is 0.892. The molecule has 1 aromatic carbocycles. The maximum Gasteiger partial charge on any atom is 0.221 e. The van der Waals surface area contributed by atoms with Crippen LogP contribution in [0, 0.1) is 0 Å². The Bertz CT molecular complexity index is 516. The molecule has 0 bridgehead atoms. The number of anilines is 1. The van der Waals surface area contributed by atoms with Crippen molar-refractivity contribution in [3.05, 3.63) is 24.0 Å². The Balaban J connectivity index is 2.45. The summed E-state index contributed by atoms with van der Waals surface area (Å²) < 4.78 is 0. The molecule has 0 spiro atoms. The summed E-state index contributed by atoms with van der Waals surface area (Å²) in [5, 5.41) is 2.78. The largest absolute Gasteiger partial charge is 0.342 e. The lowest BCUT2D eigenvalue weighted by atomic mass is 10.2. The minimum Gasteiger partial charge on any atom is -0.342 e. The number of aromatic nitrogens is 2. The third-order valence-corrected chi connectivity index (χ3v) is 2.36. The van der Waals surface area contributed by atoms with Crippen LogP contribution >= 0.6 is 0 Å². The van der Waals surface area contributed by atoms with Crippen LogP contribution in [0.5, 0.6) is 0 Å². The molecule has 84 valence electrons. The zero-order valence-corrected chi connectivity index (χ0v) is 9.50. The van der Waals surface area contributed by atoms with Crippen molar-refractivity contribution in [2.45, 2.75) is 26.7 Å². The van der Waals surface area contributed by atoms with Crippen molar-refractivity contribution in [2.24, 2.45) is 0 Å². The molecule has 0 aliphatic heterocycles. The fourth-order valence-electron chi connectivity index (χ4n) is 1.73. The van der Waals surface area contributed by atoms with Crippen LogP contribution in [0.25, 0.3) is 11.0 Å². The SMILES string of the molecule is CCCc1nc2c(NC(C)=O)cccc2[nH]1. The lowest BCUT2D eigenvalue weighted by Gasteiger charge is -2.01. The van der Waals surface area contributed by atoms with Crippen LogP contribution in [-0.4, -0.2) is 15.9 Å². The predicted octanol–water partition coefficient (Wildman–Crippen LogP) is 2.47. The highest BCUT2D eigenvalue weighted by molar-refractivity contribution is 5.98. The quantitative estimate of drug-likeness (QED) is 0.829. The van der Waals surface area contributed by atoms with Gasteiger partial charge in [-0.2, -0.15) is 0 Å². The zero-order valence-electron chi connectivity index (χ0n) is 9.50. The normalized spacial score (nSPS) is 10.6. The molecule has 1 amide bonds. The summed E-state index contributed by atoms with van der Waals surface area (Å²) in [6.45, 7) is 3.61. The highest BCUT2D eigenvalue weighted by atomic mass is 16.1. The zero-order chi connectivity index (χ0) is 11.5. The molecule has 2 aromatic rings. The van der Waals surface area contributed by atoms with Crippen molar-refractivity contribution in [3.63, 3.8) is 0 Å². The average Bonchev–Trinajstić information content (AvgIpc) is 2.61. The highest BCUT2D eigenvalue weighted by Gasteiger charge is 2.07. The van der Waals surface area contributed by atoms with E-state index in [1.54, 1.807) is 0 Å². The van der Waals surface area contributed by atoms with Crippen LogP contribution < -0.4 is 5.32 Å². The lowest BCUT2D eigenvalue weighted by Crippen LogP contribution is -2.05. The van der Waals surface area contributed by atoms with Crippen molar-refractivity contribution >= 4 is 22.6 Å². The molecule has 1 aromatic heterocycles. The molecule has 4 heteroatoms. The third-order valence-electron chi connectivity index (χ3n) is 2.36. The van der Waals surface area contributed by atoms with Crippen molar-refractivity contribution in [1.82, 2.24) is 9.97 Å². The molecule has 1 heterocycles. The van der Waals surface area contributed by atoms with Crippen LogP contribution in [0.15, 0.2) is 18.2 Å². The Morgan fingerprint density at radius 3 is 3.00 bits per heavy atom. The van der Waals surface area contributed by atoms with Gasteiger partial charge in [0.15, 0.2) is 0 Å². The number of aromatic amines is 1. The van der Waals surface area contributed by atoms with E-state index in [9.17, 15) is 4.79 Å². The fraction of sp³-hybridized carbons (Fsp3) is 0.333. The number of aryl methyl sites for hydroxylation is 1. The van der Waals surface area contributed by atoms with Crippen LogP contribution in [0.4, 0.5) is 5.69 Å². The van der Waals surface area contributed by atoms with Crippen LogP contribution in [0.2, 0.25) is 0 Å². The van der Waals surface area contributed by atoms with Gasteiger partial charge in [0.05, 0.1) is 11.2 Å². The number of carbonyl (C=O) groups is 1. The number of amides is 1. The minimum atomic E-state index is -0.0764. The van der Waals surface area contributed by atoms with Gasteiger partial charge in [-0.25, -0.2) is 4.98 Å². The number of imidazole rings is 1. The molecule has 0 aliphatic carbocycles. The Hall–Kier alpha value is -1.84. The van der Waals surface area contributed by atoms with Gasteiger partial charge >= 0.3 is 0 Å². The lowest BCUT2D eigenvalue weighted by molar-refractivity contribution is -0.114. The molecule has 0 aliphatic rings. The summed E-state index contributed by atoms with van der Waals surface area (Å²) in [4.78, 5) is 18.8. The van der Waals surface area contributed by atoms with Gasteiger partial charge in [-0.1, -0.05) is 13.0 Å². The maximum atomic E-state index is 11.0. The molecule has 0 saturated carbocycles. The second-order valence-corrected chi connectivity index (χ2v) is 3.82. The number of nitrogens with one attached hydrogen (secondary N) is 2. The number of H-pyrrole nitrogens is 1. The van der Waals surface area contributed by atoms with E-state index in [-0.39, 0.29) is 5.91 Å². The van der Waals surface area contributed by atoms with E-state index < -0.39 is 0 Å². The second kappa shape index (κ2) is 4.35. The van der Waals surface area contributed by atoms with Crippen molar-refractivity contribution in [1.29, 1.82) is 0 Å². The number of hydrogen-bond acceptors (Lipinski definition) is 2. The van der Waals surface area contributed by atoms with Gasteiger partial charge < -0.3 is 10.3 Å². The van der Waals surface area contributed by atoms with Gasteiger partial charge in [0, 0.05) is 13.3 Å². The van der Waals surface area contributed by atoms with Crippen molar-refractivity contribution < 1.29 is 4.79 Å². The molecule has 2 N–H and O–H groups in total. The Kier molecular flexibility index (Phi) is 2.90. The van der Waals surface area contributed by atoms with Gasteiger partial charge in [0.25, 0.3) is 0 Å². The molecule has 0 fully saturated rings.